The smallest absolute Gasteiger partial charge is 0.259 e. The fourth-order valence-electron chi connectivity index (χ4n) is 8.76. The summed E-state index contributed by atoms with van der Waals surface area (Å²) in [6.07, 6.45) is 12.7. The predicted octanol–water partition coefficient (Wildman–Crippen LogP) is 5.85. The second kappa shape index (κ2) is 15.9. The number of allylic oxidation sites excluding steroid dienone is 1. The summed E-state index contributed by atoms with van der Waals surface area (Å²) in [4.78, 5) is 65.7. The Morgan fingerprint density at radius 2 is 1.58 bits per heavy atom. The van der Waals surface area contributed by atoms with Crippen LogP contribution in [0.25, 0.3) is 22.2 Å². The van der Waals surface area contributed by atoms with Crippen LogP contribution in [0.2, 0.25) is 0 Å². The molecule has 4 heterocycles. The monoisotopic (exact) mass is 765 g/mol. The molecule has 4 fully saturated rings. The quantitative estimate of drug-likeness (QED) is 0.298. The van der Waals surface area contributed by atoms with E-state index in [1.165, 1.54) is 4.90 Å². The molecule has 11 nitrogen and oxygen atoms in total. The third-order valence-electron chi connectivity index (χ3n) is 12.1. The first-order chi connectivity index (χ1) is 26.7. The molecule has 5 unspecified atom stereocenters. The molecule has 3 aromatic rings. The summed E-state index contributed by atoms with van der Waals surface area (Å²) in [6.45, 7) is 1.39. The Morgan fingerprint density at radius 3 is 2.36 bits per heavy atom. The third kappa shape index (κ3) is 8.06. The summed E-state index contributed by atoms with van der Waals surface area (Å²) in [5, 5.41) is 3.21. The molecule has 5 aliphatic rings. The molecular formula is C43H51N5O6S. The van der Waals surface area contributed by atoms with E-state index in [-0.39, 0.29) is 43.0 Å². The van der Waals surface area contributed by atoms with Crippen molar-refractivity contribution in [2.45, 2.75) is 107 Å². The van der Waals surface area contributed by atoms with Crippen LogP contribution in [0.15, 0.2) is 72.8 Å². The molecule has 0 spiro atoms. The minimum Gasteiger partial charge on any atom is -0.347 e. The van der Waals surface area contributed by atoms with Gasteiger partial charge in [-0.05, 0) is 76.3 Å². The van der Waals surface area contributed by atoms with E-state index in [1.54, 1.807) is 6.07 Å². The zero-order valence-electron chi connectivity index (χ0n) is 31.4. The van der Waals surface area contributed by atoms with Gasteiger partial charge < -0.3 is 15.1 Å². The second-order valence-electron chi connectivity index (χ2n) is 16.1. The Bertz CT molecular complexity index is 2080. The number of benzene rings is 2. The van der Waals surface area contributed by atoms with Crippen LogP contribution in [0.4, 0.5) is 0 Å². The normalized spacial score (nSPS) is 26.5. The Kier molecular flexibility index (Phi) is 10.8. The van der Waals surface area contributed by atoms with Gasteiger partial charge in [-0.3, -0.25) is 19.2 Å². The lowest BCUT2D eigenvalue weighted by Gasteiger charge is -2.33. The molecule has 2 aromatic carbocycles. The molecule has 8 rings (SSSR count). The van der Waals surface area contributed by atoms with Gasteiger partial charge in [0.1, 0.15) is 6.04 Å². The van der Waals surface area contributed by atoms with Gasteiger partial charge in [-0.15, -0.1) is 0 Å². The SMILES string of the molecule is O=C(NC1CC2C(=O)N(S(=O)(=O)C3CC3)C3CC3C=CCCCCCC(CC(=O)N3CCCCC3)C(=O)N2C1)c1cc(-c2ccccc2)nc2ccccc12. The molecule has 5 atom stereocenters. The molecule has 1 N–H and O–H groups in total. The van der Waals surface area contributed by atoms with Crippen molar-refractivity contribution in [3.05, 3.63) is 78.4 Å². The molecular weight excluding hydrogens is 715 g/mol. The van der Waals surface area contributed by atoms with Gasteiger partial charge in [-0.1, -0.05) is 73.5 Å². The number of piperidine rings is 1. The fraction of sp³-hybridized carbons (Fsp3) is 0.512. The maximum Gasteiger partial charge on any atom is 0.259 e. The fourth-order valence-corrected chi connectivity index (χ4v) is 10.8. The summed E-state index contributed by atoms with van der Waals surface area (Å²) in [5.74, 6) is -2.05. The number of aromatic nitrogens is 1. The van der Waals surface area contributed by atoms with Crippen LogP contribution in [0, 0.1) is 11.8 Å². The average molecular weight is 766 g/mol. The van der Waals surface area contributed by atoms with Crippen LogP contribution < -0.4 is 5.32 Å². The van der Waals surface area contributed by atoms with Gasteiger partial charge in [0.25, 0.3) is 11.8 Å². The van der Waals surface area contributed by atoms with Crippen LogP contribution in [0.1, 0.15) is 93.8 Å². The Labute approximate surface area is 323 Å². The molecule has 1 aromatic heterocycles. The number of nitrogens with one attached hydrogen (secondary N) is 1. The molecule has 0 radical (unpaired) electrons. The van der Waals surface area contributed by atoms with E-state index in [0.717, 1.165) is 54.8 Å². The maximum absolute atomic E-state index is 14.8. The highest BCUT2D eigenvalue weighted by atomic mass is 32.2. The van der Waals surface area contributed by atoms with E-state index in [4.69, 9.17) is 4.98 Å². The van der Waals surface area contributed by atoms with Crippen molar-refractivity contribution >= 4 is 44.6 Å². The highest BCUT2D eigenvalue weighted by molar-refractivity contribution is 7.90. The van der Waals surface area contributed by atoms with Gasteiger partial charge >= 0.3 is 0 Å². The van der Waals surface area contributed by atoms with E-state index in [0.29, 0.717) is 60.9 Å². The van der Waals surface area contributed by atoms with Crippen molar-refractivity contribution in [1.29, 1.82) is 0 Å². The van der Waals surface area contributed by atoms with Gasteiger partial charge in [0.05, 0.1) is 28.1 Å². The number of sulfonamides is 1. The van der Waals surface area contributed by atoms with Crippen molar-refractivity contribution in [1.82, 2.24) is 24.4 Å². The molecule has 2 aliphatic carbocycles. The number of carbonyl (C=O) groups excluding carboxylic acids is 4. The molecule has 12 heteroatoms. The van der Waals surface area contributed by atoms with Crippen LogP contribution in [0.5, 0.6) is 0 Å². The van der Waals surface area contributed by atoms with E-state index in [9.17, 15) is 27.6 Å². The van der Waals surface area contributed by atoms with Gasteiger partial charge in [-0.2, -0.15) is 0 Å². The summed E-state index contributed by atoms with van der Waals surface area (Å²) < 4.78 is 29.1. The summed E-state index contributed by atoms with van der Waals surface area (Å²) in [6, 6.07) is 16.6. The van der Waals surface area contributed by atoms with Crippen LogP contribution in [-0.2, 0) is 24.4 Å². The van der Waals surface area contributed by atoms with Crippen molar-refractivity contribution < 1.29 is 27.6 Å². The zero-order valence-corrected chi connectivity index (χ0v) is 32.2. The first kappa shape index (κ1) is 37.3. The van der Waals surface area contributed by atoms with Gasteiger partial charge in [0.2, 0.25) is 21.8 Å². The number of rotatable bonds is 7. The van der Waals surface area contributed by atoms with Crippen molar-refractivity contribution in [3.63, 3.8) is 0 Å². The van der Waals surface area contributed by atoms with E-state index in [1.807, 2.05) is 59.5 Å². The Hall–Kier alpha value is -4.58. The van der Waals surface area contributed by atoms with Gasteiger partial charge in [0, 0.05) is 54.9 Å². The number of carbonyl (C=O) groups is 4. The second-order valence-corrected chi connectivity index (χ2v) is 18.2. The summed E-state index contributed by atoms with van der Waals surface area (Å²) >= 11 is 0. The van der Waals surface area contributed by atoms with Crippen molar-refractivity contribution in [3.8, 4) is 11.3 Å². The lowest BCUT2D eigenvalue weighted by atomic mass is 9.94. The van der Waals surface area contributed by atoms with Crippen molar-refractivity contribution in [2.24, 2.45) is 11.8 Å². The summed E-state index contributed by atoms with van der Waals surface area (Å²) in [7, 11) is -3.94. The number of likely N-dealkylation sites (tertiary alicyclic amines) is 1. The van der Waals surface area contributed by atoms with E-state index < -0.39 is 45.2 Å². The number of pyridine rings is 1. The Balaban J connectivity index is 1.12. The number of amides is 4. The molecule has 290 valence electrons. The van der Waals surface area contributed by atoms with Crippen LogP contribution in [-0.4, -0.2) is 94.1 Å². The van der Waals surface area contributed by atoms with Crippen molar-refractivity contribution in [2.75, 3.05) is 19.6 Å². The molecule has 3 aliphatic heterocycles. The largest absolute Gasteiger partial charge is 0.347 e. The number of hydrogen-bond donors (Lipinski definition) is 1. The Morgan fingerprint density at radius 1 is 0.836 bits per heavy atom. The number of hydrogen-bond acceptors (Lipinski definition) is 7. The van der Waals surface area contributed by atoms with Gasteiger partial charge in [-0.25, -0.2) is 17.7 Å². The minimum absolute atomic E-state index is 0.0370. The summed E-state index contributed by atoms with van der Waals surface area (Å²) in [5.41, 5.74) is 2.58. The van der Waals surface area contributed by atoms with E-state index >= 15 is 0 Å². The standard InChI is InChI=1S/C43H51N5O6S/c49-40(46-22-12-5-13-23-46)25-31-17-7-3-1-2-6-16-30-24-38(30)48(55(53,54)33-20-21-33)43(52)39-26-32(28-47(39)42(31)51)44-41(50)35-27-37(29-14-8-4-9-15-29)45-36-19-11-10-18-34(35)36/h4,6,8-11,14-16,18-19,27,30-33,38-39H,1-3,5,7,12-13,17,20-26,28H2,(H,44,50). The highest BCUT2D eigenvalue weighted by Gasteiger charge is 2.56. The maximum atomic E-state index is 14.8. The average Bonchev–Trinajstić information content (AvgIpc) is 4.14. The van der Waals surface area contributed by atoms with Crippen LogP contribution in [0.3, 0.4) is 0 Å². The lowest BCUT2D eigenvalue weighted by Crippen LogP contribution is -2.53. The predicted molar refractivity (Wildman–Crippen MR) is 210 cm³/mol. The zero-order chi connectivity index (χ0) is 38.1. The van der Waals surface area contributed by atoms with Crippen LogP contribution >= 0.6 is 0 Å². The number of nitrogens with zero attached hydrogens (tertiary/aromatic N) is 4. The molecule has 2 saturated carbocycles. The lowest BCUT2D eigenvalue weighted by molar-refractivity contribution is -0.146. The molecule has 0 bridgehead atoms. The third-order valence-corrected chi connectivity index (χ3v) is 14.4. The van der Waals surface area contributed by atoms with Gasteiger partial charge in [0.15, 0.2) is 0 Å². The first-order valence-electron chi connectivity index (χ1n) is 20.3. The molecule has 55 heavy (non-hydrogen) atoms. The number of para-hydroxylation sites is 1. The molecule has 4 amide bonds. The number of fused-ring (bicyclic) bond motifs is 3. The highest BCUT2D eigenvalue weighted by Crippen LogP contribution is 2.44. The first-order valence-corrected chi connectivity index (χ1v) is 21.8. The molecule has 2 saturated heterocycles. The topological polar surface area (TPSA) is 137 Å². The minimum atomic E-state index is -3.94. The van der Waals surface area contributed by atoms with E-state index in [2.05, 4.69) is 17.5 Å².